The smallest absolute Gasteiger partial charge is 0.355 e. The van der Waals surface area contributed by atoms with Crippen LogP contribution in [0.3, 0.4) is 0 Å². The number of nitrogens with one attached hydrogen (secondary N) is 1. The van der Waals surface area contributed by atoms with Crippen LogP contribution < -0.4 is 11.3 Å². The summed E-state index contributed by atoms with van der Waals surface area (Å²) in [5.74, 6) is -0.854. The minimum absolute atomic E-state index is 0.0507. The van der Waals surface area contributed by atoms with Crippen LogP contribution in [-0.4, -0.2) is 52.0 Å². The lowest BCUT2D eigenvalue weighted by molar-refractivity contribution is 0.0471. The van der Waals surface area contributed by atoms with E-state index in [2.05, 4.69) is 9.36 Å². The van der Waals surface area contributed by atoms with Crippen LogP contribution in [0.4, 0.5) is 10.2 Å². The van der Waals surface area contributed by atoms with E-state index < -0.39 is 17.3 Å². The lowest BCUT2D eigenvalue weighted by atomic mass is 10.0. The molecule has 0 saturated heterocycles. The monoisotopic (exact) mass is 579 g/mol. The number of anilines is 1. The molecule has 0 spiro atoms. The number of benzene rings is 2. The van der Waals surface area contributed by atoms with E-state index in [1.165, 1.54) is 36.1 Å². The van der Waals surface area contributed by atoms with Crippen LogP contribution >= 0.6 is 23.1 Å². The third-order valence-corrected chi connectivity index (χ3v) is 7.94. The number of hydrogen-bond acceptors (Lipinski definition) is 8. The number of esters is 1. The largest absolute Gasteiger partial charge is 0.463 e. The van der Waals surface area contributed by atoms with E-state index in [-0.39, 0.29) is 40.9 Å². The number of likely N-dealkylation sites (N-methyl/N-ethyl adjacent to an activating group) is 1. The Kier molecular flexibility index (Phi) is 6.57. The van der Waals surface area contributed by atoms with Crippen LogP contribution in [0, 0.1) is 5.82 Å². The number of H-pyrrole nitrogens is 1. The Morgan fingerprint density at radius 3 is 2.88 bits per heavy atom. The molecule has 9 nitrogen and oxygen atoms in total. The number of ether oxygens (including phenoxy) is 1. The SMILES string of the molecule is CN(C)CCOC(=O)c1c(-c2ccc[nH]c2=O)c2c3occc3c(F)cc2n1Cc1cc2c(N)nsc2cc1Cl. The highest BCUT2D eigenvalue weighted by Crippen LogP contribution is 2.41. The van der Waals surface area contributed by atoms with Crippen molar-refractivity contribution in [2.75, 3.05) is 33.0 Å². The first-order valence-electron chi connectivity index (χ1n) is 12.3. The van der Waals surface area contributed by atoms with E-state index in [4.69, 9.17) is 26.5 Å². The first kappa shape index (κ1) is 26.1. The summed E-state index contributed by atoms with van der Waals surface area (Å²) < 4.78 is 33.4. The van der Waals surface area contributed by atoms with Gasteiger partial charge < -0.3 is 29.3 Å². The minimum Gasteiger partial charge on any atom is -0.463 e. The molecule has 0 aliphatic rings. The summed E-state index contributed by atoms with van der Waals surface area (Å²) in [7, 11) is 3.72. The number of nitrogens with zero attached hydrogens (tertiary/aromatic N) is 3. The van der Waals surface area contributed by atoms with E-state index in [0.29, 0.717) is 33.9 Å². The number of nitrogens with two attached hydrogens (primary N) is 1. The van der Waals surface area contributed by atoms with Crippen molar-refractivity contribution in [3.63, 3.8) is 0 Å². The van der Waals surface area contributed by atoms with Gasteiger partial charge in [0.2, 0.25) is 0 Å². The summed E-state index contributed by atoms with van der Waals surface area (Å²) in [4.78, 5) is 31.5. The van der Waals surface area contributed by atoms with Crippen LogP contribution in [0.5, 0.6) is 0 Å². The molecule has 0 fully saturated rings. The first-order chi connectivity index (χ1) is 19.2. The number of pyridine rings is 1. The van der Waals surface area contributed by atoms with Crippen molar-refractivity contribution in [3.05, 3.63) is 81.3 Å². The van der Waals surface area contributed by atoms with Gasteiger partial charge in [0.05, 0.1) is 32.8 Å². The summed E-state index contributed by atoms with van der Waals surface area (Å²) in [5.41, 5.74) is 7.38. The molecule has 6 aromatic rings. The van der Waals surface area contributed by atoms with Gasteiger partial charge in [-0.3, -0.25) is 4.79 Å². The second kappa shape index (κ2) is 10.1. The molecule has 12 heteroatoms. The van der Waals surface area contributed by atoms with Gasteiger partial charge in [0.25, 0.3) is 5.56 Å². The summed E-state index contributed by atoms with van der Waals surface area (Å²) in [6.45, 7) is 0.637. The third-order valence-electron chi connectivity index (χ3n) is 6.76. The second-order valence-corrected chi connectivity index (χ2v) is 10.8. The van der Waals surface area contributed by atoms with Gasteiger partial charge in [0.1, 0.15) is 29.5 Å². The maximum absolute atomic E-state index is 15.4. The molecular formula is C28H23ClFN5O4S. The summed E-state index contributed by atoms with van der Waals surface area (Å²) in [6.07, 6.45) is 2.87. The van der Waals surface area contributed by atoms with Crippen LogP contribution in [0.15, 0.2) is 58.1 Å². The summed E-state index contributed by atoms with van der Waals surface area (Å²) in [5, 5.41) is 1.77. The molecule has 0 amide bonds. The maximum atomic E-state index is 15.4. The Balaban J connectivity index is 1.68. The summed E-state index contributed by atoms with van der Waals surface area (Å²) in [6, 6.07) is 9.66. The highest BCUT2D eigenvalue weighted by Gasteiger charge is 2.30. The number of nitrogen functional groups attached to an aromatic ring is 1. The van der Waals surface area contributed by atoms with Gasteiger partial charge in [-0.25, -0.2) is 9.18 Å². The van der Waals surface area contributed by atoms with E-state index in [1.807, 2.05) is 19.0 Å². The second-order valence-electron chi connectivity index (χ2n) is 9.59. The Morgan fingerprint density at radius 2 is 2.10 bits per heavy atom. The van der Waals surface area contributed by atoms with E-state index in [1.54, 1.807) is 28.8 Å². The molecule has 0 aliphatic heterocycles. The Hall–Kier alpha value is -4.19. The zero-order valence-electron chi connectivity index (χ0n) is 21.5. The topological polar surface area (TPSA) is 119 Å². The standard InChI is InChI=1S/C28H23ClFN5O4S/c1-34(2)7-9-39-28(37)24-22(16-4-3-6-32-27(16)36)23-20(12-19(30)15-5-8-38-25(15)23)35(24)13-14-10-17-21(11-18(14)29)40-33-26(17)31/h3-6,8,10-12H,7,9,13H2,1-2H3,(H2,31,33)(H,32,36). The van der Waals surface area contributed by atoms with Gasteiger partial charge in [-0.05, 0) is 67.6 Å². The third kappa shape index (κ3) is 4.32. The molecule has 204 valence electrons. The van der Waals surface area contributed by atoms with Gasteiger partial charge in [0, 0.05) is 35.3 Å². The molecule has 0 saturated carbocycles. The van der Waals surface area contributed by atoms with E-state index in [0.717, 1.165) is 10.1 Å². The molecule has 0 unspecified atom stereocenters. The van der Waals surface area contributed by atoms with Crippen molar-refractivity contribution < 1.29 is 18.3 Å². The molecule has 40 heavy (non-hydrogen) atoms. The molecule has 0 aliphatic carbocycles. The highest BCUT2D eigenvalue weighted by atomic mass is 35.5. The van der Waals surface area contributed by atoms with Gasteiger partial charge in [-0.2, -0.15) is 4.37 Å². The fourth-order valence-electron chi connectivity index (χ4n) is 4.87. The molecule has 0 bridgehead atoms. The molecule has 3 N–H and O–H groups in total. The number of hydrogen-bond donors (Lipinski definition) is 2. The van der Waals surface area contributed by atoms with Crippen molar-refractivity contribution in [2.45, 2.75) is 6.54 Å². The average molecular weight is 580 g/mol. The highest BCUT2D eigenvalue weighted by molar-refractivity contribution is 7.13. The zero-order valence-corrected chi connectivity index (χ0v) is 23.0. The fraction of sp³-hybridized carbons (Fsp3) is 0.179. The predicted molar refractivity (Wildman–Crippen MR) is 155 cm³/mol. The molecular weight excluding hydrogens is 557 g/mol. The number of aromatic amines is 1. The first-order valence-corrected chi connectivity index (χ1v) is 13.4. The number of furan rings is 1. The van der Waals surface area contributed by atoms with Crippen LogP contribution in [-0.2, 0) is 11.3 Å². The van der Waals surface area contributed by atoms with Crippen molar-refractivity contribution in [3.8, 4) is 11.1 Å². The maximum Gasteiger partial charge on any atom is 0.355 e. The molecule has 2 aromatic carbocycles. The molecule has 0 radical (unpaired) electrons. The lowest BCUT2D eigenvalue weighted by Crippen LogP contribution is -2.22. The van der Waals surface area contributed by atoms with Crippen molar-refractivity contribution in [2.24, 2.45) is 0 Å². The Labute approximate surface area is 235 Å². The minimum atomic E-state index is -0.676. The van der Waals surface area contributed by atoms with Gasteiger partial charge >= 0.3 is 5.97 Å². The number of rotatable bonds is 7. The quantitative estimate of drug-likeness (QED) is 0.240. The van der Waals surface area contributed by atoms with Crippen molar-refractivity contribution in [1.29, 1.82) is 0 Å². The van der Waals surface area contributed by atoms with Gasteiger partial charge in [0.15, 0.2) is 0 Å². The van der Waals surface area contributed by atoms with Gasteiger partial charge in [-0.1, -0.05) is 11.6 Å². The fourth-order valence-corrected chi connectivity index (χ4v) is 5.88. The van der Waals surface area contributed by atoms with Crippen LogP contribution in [0.25, 0.3) is 43.1 Å². The zero-order chi connectivity index (χ0) is 28.1. The lowest BCUT2D eigenvalue weighted by Gasteiger charge is -2.15. The van der Waals surface area contributed by atoms with E-state index in [9.17, 15) is 9.59 Å². The molecule has 4 aromatic heterocycles. The summed E-state index contributed by atoms with van der Waals surface area (Å²) >= 11 is 7.91. The predicted octanol–water partition coefficient (Wildman–Crippen LogP) is 5.49. The molecule has 6 rings (SSSR count). The number of carbonyl (C=O) groups is 1. The van der Waals surface area contributed by atoms with Crippen molar-refractivity contribution in [1.82, 2.24) is 18.8 Å². The normalized spacial score (nSPS) is 11.8. The molecule has 0 atom stereocenters. The van der Waals surface area contributed by atoms with Crippen LogP contribution in [0.1, 0.15) is 16.1 Å². The number of halogens is 2. The van der Waals surface area contributed by atoms with Gasteiger partial charge in [-0.15, -0.1) is 0 Å². The Bertz CT molecular complexity index is 1990. The molecule has 4 heterocycles. The number of fused-ring (bicyclic) bond motifs is 4. The number of aromatic nitrogens is 3. The average Bonchev–Trinajstić information content (AvgIpc) is 3.61. The van der Waals surface area contributed by atoms with Crippen molar-refractivity contribution >= 4 is 66.9 Å². The van der Waals surface area contributed by atoms with Crippen LogP contribution in [0.2, 0.25) is 5.02 Å². The Morgan fingerprint density at radius 1 is 1.27 bits per heavy atom. The number of carbonyl (C=O) groups excluding carboxylic acids is 1. The van der Waals surface area contributed by atoms with E-state index >= 15 is 4.39 Å².